The van der Waals surface area contributed by atoms with Gasteiger partial charge in [0.25, 0.3) is 5.91 Å². The quantitative estimate of drug-likeness (QED) is 0.406. The molecular formula is C21H22N2O8. The van der Waals surface area contributed by atoms with Gasteiger partial charge in [-0.25, -0.2) is 0 Å². The average Bonchev–Trinajstić information content (AvgIpc) is 3.30. The van der Waals surface area contributed by atoms with Crippen LogP contribution < -0.4 is 14.8 Å². The number of likely N-dealkylation sites (tertiary alicyclic amines) is 1. The highest BCUT2D eigenvalue weighted by atomic mass is 16.7. The van der Waals surface area contributed by atoms with Crippen molar-refractivity contribution >= 4 is 35.2 Å². The van der Waals surface area contributed by atoms with Crippen molar-refractivity contribution in [2.45, 2.75) is 32.6 Å². The number of carbonyl (C=O) groups excluding carboxylic acids is 5. The number of ketones is 1. The predicted molar refractivity (Wildman–Crippen MR) is 104 cm³/mol. The van der Waals surface area contributed by atoms with Gasteiger partial charge in [0.05, 0.1) is 17.5 Å². The van der Waals surface area contributed by atoms with E-state index < -0.39 is 25.0 Å². The Morgan fingerprint density at radius 2 is 1.68 bits per heavy atom. The van der Waals surface area contributed by atoms with Gasteiger partial charge in [-0.05, 0) is 25.8 Å². The molecule has 31 heavy (non-hydrogen) atoms. The maximum Gasteiger partial charge on any atom is 0.326 e. The van der Waals surface area contributed by atoms with Gasteiger partial charge in [-0.15, -0.1) is 0 Å². The molecule has 1 aromatic rings. The number of nitrogens with one attached hydrogen (secondary N) is 1. The summed E-state index contributed by atoms with van der Waals surface area (Å²) in [7, 11) is 0. The Balaban J connectivity index is 1.33. The maximum absolute atomic E-state index is 12.4. The van der Waals surface area contributed by atoms with Gasteiger partial charge in [0.2, 0.25) is 18.6 Å². The molecule has 3 amide bonds. The summed E-state index contributed by atoms with van der Waals surface area (Å²) in [6.07, 6.45) is 3.08. The third kappa shape index (κ3) is 4.10. The highest BCUT2D eigenvalue weighted by molar-refractivity contribution is 6.07. The van der Waals surface area contributed by atoms with E-state index in [1.54, 1.807) is 0 Å². The molecule has 0 radical (unpaired) electrons. The number of ether oxygens (including phenoxy) is 3. The van der Waals surface area contributed by atoms with Gasteiger partial charge in [-0.1, -0.05) is 12.8 Å². The zero-order valence-corrected chi connectivity index (χ0v) is 17.0. The maximum atomic E-state index is 12.4. The fraction of sp³-hybridized carbons (Fsp3) is 0.476. The van der Waals surface area contributed by atoms with Crippen molar-refractivity contribution in [2.75, 3.05) is 25.3 Å². The molecule has 1 saturated carbocycles. The van der Waals surface area contributed by atoms with E-state index in [2.05, 4.69) is 5.32 Å². The molecule has 2 heterocycles. The lowest BCUT2D eigenvalue weighted by Gasteiger charge is -2.19. The van der Waals surface area contributed by atoms with Crippen LogP contribution in [0.4, 0.5) is 5.69 Å². The number of amides is 3. The van der Waals surface area contributed by atoms with Gasteiger partial charge in [0.1, 0.15) is 6.54 Å². The number of esters is 1. The van der Waals surface area contributed by atoms with E-state index in [-0.39, 0.29) is 47.5 Å². The SMILES string of the molecule is CC(=O)c1cc2c(cc1NC(=O)COC(=O)CN1C(=O)C3CCCCC3C1=O)OCO2. The third-order valence-electron chi connectivity index (χ3n) is 5.75. The van der Waals surface area contributed by atoms with Crippen LogP contribution in [0, 0.1) is 11.8 Å². The van der Waals surface area contributed by atoms with Gasteiger partial charge in [0, 0.05) is 11.6 Å². The van der Waals surface area contributed by atoms with Crippen molar-refractivity contribution < 1.29 is 38.2 Å². The lowest BCUT2D eigenvalue weighted by molar-refractivity contribution is -0.154. The van der Waals surface area contributed by atoms with Crippen molar-refractivity contribution in [1.29, 1.82) is 0 Å². The molecular weight excluding hydrogens is 408 g/mol. The second-order valence-electron chi connectivity index (χ2n) is 7.78. The number of anilines is 1. The van der Waals surface area contributed by atoms with Crippen LogP contribution in [0.2, 0.25) is 0 Å². The standard InChI is InChI=1S/C21H22N2O8/c1-11(24)14-6-16-17(31-10-30-16)7-15(14)22-18(25)9-29-19(26)8-23-20(27)12-4-2-3-5-13(12)21(23)28/h6-7,12-13H,2-5,8-10H2,1H3,(H,22,25). The fourth-order valence-corrected chi connectivity index (χ4v) is 4.23. The molecule has 4 rings (SSSR count). The van der Waals surface area contributed by atoms with Gasteiger partial charge in [-0.3, -0.25) is 28.9 Å². The van der Waals surface area contributed by atoms with E-state index in [0.717, 1.165) is 17.7 Å². The third-order valence-corrected chi connectivity index (χ3v) is 5.75. The molecule has 2 unspecified atom stereocenters. The summed E-state index contributed by atoms with van der Waals surface area (Å²) < 4.78 is 15.4. The van der Waals surface area contributed by atoms with Crippen molar-refractivity contribution in [3.63, 3.8) is 0 Å². The van der Waals surface area contributed by atoms with Gasteiger partial charge in [-0.2, -0.15) is 0 Å². The number of hydrogen-bond acceptors (Lipinski definition) is 8. The van der Waals surface area contributed by atoms with Crippen LogP contribution in [0.1, 0.15) is 43.0 Å². The predicted octanol–water partition coefficient (Wildman–Crippen LogP) is 1.27. The van der Waals surface area contributed by atoms with Gasteiger partial charge >= 0.3 is 5.97 Å². The van der Waals surface area contributed by atoms with Crippen LogP contribution in [-0.4, -0.2) is 54.3 Å². The van der Waals surface area contributed by atoms with Crippen LogP contribution in [0.3, 0.4) is 0 Å². The molecule has 1 N–H and O–H groups in total. The number of fused-ring (bicyclic) bond motifs is 2. The van der Waals surface area contributed by atoms with Crippen molar-refractivity contribution in [1.82, 2.24) is 4.90 Å². The molecule has 1 saturated heterocycles. The molecule has 2 aliphatic heterocycles. The van der Waals surface area contributed by atoms with Gasteiger partial charge in [0.15, 0.2) is 23.9 Å². The molecule has 2 fully saturated rings. The molecule has 1 aromatic carbocycles. The van der Waals surface area contributed by atoms with Crippen molar-refractivity contribution in [3.05, 3.63) is 17.7 Å². The lowest BCUT2D eigenvalue weighted by atomic mass is 9.81. The molecule has 2 atom stereocenters. The Bertz CT molecular complexity index is 948. The molecule has 0 aromatic heterocycles. The smallest absolute Gasteiger partial charge is 0.326 e. The summed E-state index contributed by atoms with van der Waals surface area (Å²) in [6, 6.07) is 2.93. The minimum atomic E-state index is -0.854. The number of rotatable bonds is 6. The number of carbonyl (C=O) groups is 5. The van der Waals surface area contributed by atoms with Crippen LogP contribution >= 0.6 is 0 Å². The summed E-state index contributed by atoms with van der Waals surface area (Å²) in [4.78, 5) is 62.0. The fourth-order valence-electron chi connectivity index (χ4n) is 4.23. The summed E-state index contributed by atoms with van der Waals surface area (Å²) in [5.41, 5.74) is 0.423. The summed E-state index contributed by atoms with van der Waals surface area (Å²) in [6.45, 7) is 0.209. The monoisotopic (exact) mass is 430 g/mol. The van der Waals surface area contributed by atoms with Crippen molar-refractivity contribution in [2.24, 2.45) is 11.8 Å². The van der Waals surface area contributed by atoms with Crippen molar-refractivity contribution in [3.8, 4) is 11.5 Å². The Hall–Kier alpha value is -3.43. The van der Waals surface area contributed by atoms with E-state index in [9.17, 15) is 24.0 Å². The molecule has 10 heteroatoms. The molecule has 3 aliphatic rings. The van der Waals surface area contributed by atoms with E-state index in [0.29, 0.717) is 24.3 Å². The van der Waals surface area contributed by atoms with Crippen LogP contribution in [0.25, 0.3) is 0 Å². The molecule has 1 aliphatic carbocycles. The molecule has 0 spiro atoms. The second-order valence-corrected chi connectivity index (χ2v) is 7.78. The minimum Gasteiger partial charge on any atom is -0.454 e. The highest BCUT2D eigenvalue weighted by Crippen LogP contribution is 2.38. The molecule has 0 bridgehead atoms. The van der Waals surface area contributed by atoms with E-state index in [1.807, 2.05) is 0 Å². The normalized spacial score (nSPS) is 21.6. The zero-order valence-electron chi connectivity index (χ0n) is 17.0. The summed E-state index contributed by atoms with van der Waals surface area (Å²) in [5.74, 6) is -2.44. The largest absolute Gasteiger partial charge is 0.454 e. The highest BCUT2D eigenvalue weighted by Gasteiger charge is 2.48. The first-order valence-corrected chi connectivity index (χ1v) is 10.1. The molecule has 164 valence electrons. The number of hydrogen-bond donors (Lipinski definition) is 1. The zero-order chi connectivity index (χ0) is 22.1. The first-order chi connectivity index (χ1) is 14.8. The number of nitrogens with zero attached hydrogens (tertiary/aromatic N) is 1. The summed E-state index contributed by atoms with van der Waals surface area (Å²) >= 11 is 0. The average molecular weight is 430 g/mol. The number of imide groups is 1. The Kier molecular flexibility index (Phi) is 5.62. The minimum absolute atomic E-state index is 0.0113. The molecule has 10 nitrogen and oxygen atoms in total. The van der Waals surface area contributed by atoms with Gasteiger partial charge < -0.3 is 19.5 Å². The van der Waals surface area contributed by atoms with Crippen LogP contribution in [-0.2, 0) is 23.9 Å². The van der Waals surface area contributed by atoms with Crippen LogP contribution in [0.15, 0.2) is 12.1 Å². The Morgan fingerprint density at radius 3 is 2.29 bits per heavy atom. The Morgan fingerprint density at radius 1 is 1.06 bits per heavy atom. The Labute approximate surface area is 177 Å². The second kappa shape index (κ2) is 8.37. The number of Topliss-reactive ketones (excluding diaryl/α,β-unsaturated/α-hetero) is 1. The first kappa shape index (κ1) is 20.8. The lowest BCUT2D eigenvalue weighted by Crippen LogP contribution is -2.37. The summed E-state index contributed by atoms with van der Waals surface area (Å²) in [5, 5.41) is 2.51. The number of benzene rings is 1. The van der Waals surface area contributed by atoms with E-state index in [1.165, 1.54) is 19.1 Å². The van der Waals surface area contributed by atoms with E-state index in [4.69, 9.17) is 14.2 Å². The van der Waals surface area contributed by atoms with E-state index >= 15 is 0 Å². The first-order valence-electron chi connectivity index (χ1n) is 10.1. The topological polar surface area (TPSA) is 128 Å². The van der Waals surface area contributed by atoms with Crippen LogP contribution in [0.5, 0.6) is 11.5 Å².